The van der Waals surface area contributed by atoms with E-state index in [2.05, 4.69) is 19.6 Å². The Hall–Kier alpha value is -1.42. The molecular weight excluding hydrogens is 208 g/mol. The minimum atomic E-state index is -1.55. The van der Waals surface area contributed by atoms with Crippen LogP contribution in [0.3, 0.4) is 0 Å². The molecule has 0 atom stereocenters. The number of aldehydes is 1. The van der Waals surface area contributed by atoms with E-state index >= 15 is 0 Å². The number of carbonyl (C=O) groups is 2. The summed E-state index contributed by atoms with van der Waals surface area (Å²) in [5.41, 5.74) is 0. The summed E-state index contributed by atoms with van der Waals surface area (Å²) in [6.45, 7) is 6.46. The molecule has 4 heteroatoms. The summed E-state index contributed by atoms with van der Waals surface area (Å²) < 4.78 is 4.95. The molecule has 0 aliphatic carbocycles. The fourth-order valence-corrected chi connectivity index (χ4v) is 2.78. The maximum atomic E-state index is 10.9. The highest BCUT2D eigenvalue weighted by Gasteiger charge is 2.21. The molecular formula is C11H14O3Si. The molecule has 0 aromatic heterocycles. The van der Waals surface area contributed by atoms with Gasteiger partial charge in [0.2, 0.25) is 6.29 Å². The molecule has 1 aromatic carbocycles. The number of esters is 1. The van der Waals surface area contributed by atoms with Gasteiger partial charge in [0.15, 0.2) is 0 Å². The smallest absolute Gasteiger partial charge is 0.376 e. The Labute approximate surface area is 90.1 Å². The van der Waals surface area contributed by atoms with Crippen LogP contribution in [0.5, 0.6) is 5.75 Å². The van der Waals surface area contributed by atoms with Gasteiger partial charge in [-0.1, -0.05) is 37.8 Å². The lowest BCUT2D eigenvalue weighted by molar-refractivity contribution is -0.141. The van der Waals surface area contributed by atoms with Gasteiger partial charge in [-0.3, -0.25) is 4.79 Å². The van der Waals surface area contributed by atoms with E-state index < -0.39 is 14.0 Å². The number of para-hydroxylation sites is 1. The molecule has 0 N–H and O–H groups in total. The minimum Gasteiger partial charge on any atom is -0.421 e. The van der Waals surface area contributed by atoms with Crippen LogP contribution in [-0.2, 0) is 9.59 Å². The number of rotatable bonds is 3. The molecule has 0 aliphatic rings. The number of ether oxygens (including phenoxy) is 1. The molecule has 0 bridgehead atoms. The van der Waals surface area contributed by atoms with Gasteiger partial charge in [-0.05, 0) is 11.3 Å². The SMILES string of the molecule is C[Si](C)(C)c1ccccc1OC(=O)C=O. The molecule has 15 heavy (non-hydrogen) atoms. The zero-order chi connectivity index (χ0) is 11.5. The monoisotopic (exact) mass is 222 g/mol. The highest BCUT2D eigenvalue weighted by molar-refractivity contribution is 6.89. The number of benzene rings is 1. The molecule has 1 rings (SSSR count). The molecule has 80 valence electrons. The van der Waals surface area contributed by atoms with Crippen molar-refractivity contribution in [3.8, 4) is 5.75 Å². The van der Waals surface area contributed by atoms with Gasteiger partial charge < -0.3 is 4.74 Å². The Kier molecular flexibility index (Phi) is 3.42. The van der Waals surface area contributed by atoms with E-state index in [1.165, 1.54) is 0 Å². The third kappa shape index (κ3) is 3.02. The summed E-state index contributed by atoms with van der Waals surface area (Å²) in [7, 11) is -1.55. The fourth-order valence-electron chi connectivity index (χ4n) is 1.31. The topological polar surface area (TPSA) is 43.4 Å². The van der Waals surface area contributed by atoms with Crippen molar-refractivity contribution in [2.24, 2.45) is 0 Å². The second-order valence-electron chi connectivity index (χ2n) is 4.29. The Morgan fingerprint density at radius 3 is 2.40 bits per heavy atom. The second kappa shape index (κ2) is 4.40. The largest absolute Gasteiger partial charge is 0.421 e. The van der Waals surface area contributed by atoms with Crippen molar-refractivity contribution in [3.05, 3.63) is 24.3 Å². The van der Waals surface area contributed by atoms with Crippen LogP contribution >= 0.6 is 0 Å². The molecule has 0 amide bonds. The van der Waals surface area contributed by atoms with Gasteiger partial charge in [0.05, 0.1) is 8.07 Å². The molecule has 3 nitrogen and oxygen atoms in total. The maximum Gasteiger partial charge on any atom is 0.376 e. The third-order valence-corrected chi connectivity index (χ3v) is 4.03. The molecule has 0 unspecified atom stereocenters. The molecule has 1 aromatic rings. The van der Waals surface area contributed by atoms with Gasteiger partial charge in [0.1, 0.15) is 5.75 Å². The summed E-state index contributed by atoms with van der Waals surface area (Å²) in [6.07, 6.45) is 0.182. The number of hydrogen-bond acceptors (Lipinski definition) is 3. The van der Waals surface area contributed by atoms with E-state index in [0.717, 1.165) is 5.19 Å². The first kappa shape index (κ1) is 11.7. The standard InChI is InChI=1S/C11H14O3Si/c1-15(2,3)10-7-5-4-6-9(10)14-11(13)8-12/h4-8H,1-3H3. The van der Waals surface area contributed by atoms with Crippen molar-refractivity contribution in [1.29, 1.82) is 0 Å². The summed E-state index contributed by atoms with van der Waals surface area (Å²) in [5, 5.41) is 1.04. The van der Waals surface area contributed by atoms with Gasteiger partial charge in [0, 0.05) is 0 Å². The lowest BCUT2D eigenvalue weighted by Crippen LogP contribution is -2.39. The number of carbonyl (C=O) groups excluding carboxylic acids is 2. The lowest BCUT2D eigenvalue weighted by Gasteiger charge is -2.19. The maximum absolute atomic E-state index is 10.9. The van der Waals surface area contributed by atoms with Crippen molar-refractivity contribution in [3.63, 3.8) is 0 Å². The van der Waals surface area contributed by atoms with Gasteiger partial charge in [-0.25, -0.2) is 4.79 Å². The van der Waals surface area contributed by atoms with Crippen molar-refractivity contribution < 1.29 is 14.3 Å². The Morgan fingerprint density at radius 1 is 1.27 bits per heavy atom. The third-order valence-electron chi connectivity index (χ3n) is 2.00. The van der Waals surface area contributed by atoms with E-state index in [9.17, 15) is 9.59 Å². The Balaban J connectivity index is 3.07. The molecule has 0 saturated heterocycles. The van der Waals surface area contributed by atoms with Gasteiger partial charge >= 0.3 is 5.97 Å². The zero-order valence-electron chi connectivity index (χ0n) is 9.11. The van der Waals surface area contributed by atoms with Crippen molar-refractivity contribution >= 4 is 25.5 Å². The lowest BCUT2D eigenvalue weighted by atomic mass is 10.3. The van der Waals surface area contributed by atoms with Crippen LogP contribution in [0.15, 0.2) is 24.3 Å². The predicted molar refractivity (Wildman–Crippen MR) is 61.1 cm³/mol. The van der Waals surface area contributed by atoms with Gasteiger partial charge in [0.25, 0.3) is 0 Å². The first-order valence-electron chi connectivity index (χ1n) is 4.71. The van der Waals surface area contributed by atoms with E-state index in [1.807, 2.05) is 12.1 Å². The Bertz CT molecular complexity index is 380. The van der Waals surface area contributed by atoms with Crippen LogP contribution < -0.4 is 9.92 Å². The van der Waals surface area contributed by atoms with Crippen molar-refractivity contribution in [2.75, 3.05) is 0 Å². The quantitative estimate of drug-likeness (QED) is 0.255. The molecule has 0 spiro atoms. The number of hydrogen-bond donors (Lipinski definition) is 0. The Morgan fingerprint density at radius 2 is 1.87 bits per heavy atom. The zero-order valence-corrected chi connectivity index (χ0v) is 10.1. The molecule has 0 radical (unpaired) electrons. The van der Waals surface area contributed by atoms with E-state index in [0.29, 0.717) is 5.75 Å². The van der Waals surface area contributed by atoms with Crippen LogP contribution in [0.4, 0.5) is 0 Å². The average Bonchev–Trinajstić information content (AvgIpc) is 2.17. The average molecular weight is 222 g/mol. The molecule has 0 saturated carbocycles. The highest BCUT2D eigenvalue weighted by atomic mass is 28.3. The molecule has 0 fully saturated rings. The van der Waals surface area contributed by atoms with Crippen LogP contribution in [0.1, 0.15) is 0 Å². The van der Waals surface area contributed by atoms with Crippen LogP contribution in [0, 0.1) is 0 Å². The predicted octanol–water partition coefficient (Wildman–Crippen LogP) is 1.34. The normalized spacial score (nSPS) is 10.9. The van der Waals surface area contributed by atoms with Crippen molar-refractivity contribution in [1.82, 2.24) is 0 Å². The first-order valence-corrected chi connectivity index (χ1v) is 8.21. The summed E-state index contributed by atoms with van der Waals surface area (Å²) >= 11 is 0. The van der Waals surface area contributed by atoms with Gasteiger partial charge in [-0.15, -0.1) is 0 Å². The van der Waals surface area contributed by atoms with E-state index in [-0.39, 0.29) is 6.29 Å². The van der Waals surface area contributed by atoms with Gasteiger partial charge in [-0.2, -0.15) is 0 Å². The molecule has 0 aliphatic heterocycles. The summed E-state index contributed by atoms with van der Waals surface area (Å²) in [6, 6.07) is 7.36. The highest BCUT2D eigenvalue weighted by Crippen LogP contribution is 2.13. The summed E-state index contributed by atoms with van der Waals surface area (Å²) in [5.74, 6) is -0.338. The van der Waals surface area contributed by atoms with E-state index in [1.54, 1.807) is 12.1 Å². The minimum absolute atomic E-state index is 0.182. The van der Waals surface area contributed by atoms with Crippen LogP contribution in [-0.4, -0.2) is 20.3 Å². The molecule has 0 heterocycles. The van der Waals surface area contributed by atoms with Crippen LogP contribution in [0.2, 0.25) is 19.6 Å². The summed E-state index contributed by atoms with van der Waals surface area (Å²) in [4.78, 5) is 21.1. The van der Waals surface area contributed by atoms with Crippen LogP contribution in [0.25, 0.3) is 0 Å². The van der Waals surface area contributed by atoms with E-state index in [4.69, 9.17) is 4.74 Å². The fraction of sp³-hybridized carbons (Fsp3) is 0.273. The van der Waals surface area contributed by atoms with Crippen molar-refractivity contribution in [2.45, 2.75) is 19.6 Å². The first-order chi connectivity index (χ1) is 6.95. The second-order valence-corrected chi connectivity index (χ2v) is 9.32.